The van der Waals surface area contributed by atoms with Crippen LogP contribution in [0.1, 0.15) is 24.2 Å². The molecular weight excluding hydrogens is 406 g/mol. The van der Waals surface area contributed by atoms with E-state index in [2.05, 4.69) is 23.6 Å². The van der Waals surface area contributed by atoms with Crippen molar-refractivity contribution in [2.45, 2.75) is 28.3 Å². The number of hydrogen-bond acceptors (Lipinski definition) is 7. The standard InChI is InChI=1S/C17H17N3O4S3/c1-10(2)25-17-18-14-9-13(7-8-15(14)26-17)27(23,24)20-12-5-3-11(4-6-12)16(21)19-22/h3-10,20,22H,1-2H3,(H,19,21). The van der Waals surface area contributed by atoms with Gasteiger partial charge in [-0.2, -0.15) is 0 Å². The first-order valence-electron chi connectivity index (χ1n) is 7.93. The van der Waals surface area contributed by atoms with Gasteiger partial charge in [-0.3, -0.25) is 14.7 Å². The second kappa shape index (κ2) is 7.85. The number of rotatable bonds is 6. The maximum atomic E-state index is 12.6. The van der Waals surface area contributed by atoms with E-state index >= 15 is 0 Å². The highest BCUT2D eigenvalue weighted by Crippen LogP contribution is 2.33. The zero-order chi connectivity index (χ0) is 19.6. The van der Waals surface area contributed by atoms with Crippen molar-refractivity contribution in [1.82, 2.24) is 10.5 Å². The first-order valence-corrected chi connectivity index (χ1v) is 11.1. The summed E-state index contributed by atoms with van der Waals surface area (Å²) in [5.74, 6) is -0.673. The molecule has 0 spiro atoms. The third-order valence-electron chi connectivity index (χ3n) is 3.49. The molecule has 0 saturated carbocycles. The van der Waals surface area contributed by atoms with E-state index in [1.165, 1.54) is 41.1 Å². The lowest BCUT2D eigenvalue weighted by atomic mass is 10.2. The molecule has 0 aliphatic carbocycles. The van der Waals surface area contributed by atoms with Crippen molar-refractivity contribution in [2.24, 2.45) is 0 Å². The summed E-state index contributed by atoms with van der Waals surface area (Å²) in [4.78, 5) is 15.9. The molecule has 0 aliphatic heterocycles. The van der Waals surface area contributed by atoms with Gasteiger partial charge in [0.2, 0.25) is 0 Å². The van der Waals surface area contributed by atoms with Crippen LogP contribution in [0.3, 0.4) is 0 Å². The van der Waals surface area contributed by atoms with Gasteiger partial charge in [-0.05, 0) is 42.5 Å². The quantitative estimate of drug-likeness (QED) is 0.317. The summed E-state index contributed by atoms with van der Waals surface area (Å²) in [6.07, 6.45) is 0. The van der Waals surface area contributed by atoms with Crippen molar-refractivity contribution in [3.63, 3.8) is 0 Å². The predicted octanol–water partition coefficient (Wildman–Crippen LogP) is 3.72. The van der Waals surface area contributed by atoms with Crippen LogP contribution in [-0.4, -0.2) is 29.8 Å². The second-order valence-corrected chi connectivity index (χ2v) is 10.4. The summed E-state index contributed by atoms with van der Waals surface area (Å²) < 4.78 is 29.6. The molecule has 27 heavy (non-hydrogen) atoms. The van der Waals surface area contributed by atoms with E-state index in [-0.39, 0.29) is 10.5 Å². The number of thioether (sulfide) groups is 1. The van der Waals surface area contributed by atoms with Crippen LogP contribution >= 0.6 is 23.1 Å². The Hall–Kier alpha value is -2.14. The Morgan fingerprint density at radius 1 is 1.19 bits per heavy atom. The fourth-order valence-corrected chi connectivity index (χ4v) is 5.62. The number of carbonyl (C=O) groups is 1. The summed E-state index contributed by atoms with van der Waals surface area (Å²) in [6, 6.07) is 10.5. The SMILES string of the molecule is CC(C)Sc1nc2cc(S(=O)(=O)Nc3ccc(C(=O)NO)cc3)ccc2s1. The summed E-state index contributed by atoms with van der Waals surface area (Å²) in [6.45, 7) is 4.15. The van der Waals surface area contributed by atoms with Crippen LogP contribution in [0.5, 0.6) is 0 Å². The van der Waals surface area contributed by atoms with Gasteiger partial charge < -0.3 is 0 Å². The minimum absolute atomic E-state index is 0.110. The summed E-state index contributed by atoms with van der Waals surface area (Å²) in [7, 11) is -3.80. The number of aromatic nitrogens is 1. The minimum Gasteiger partial charge on any atom is -0.288 e. The monoisotopic (exact) mass is 423 g/mol. The van der Waals surface area contributed by atoms with Crippen molar-refractivity contribution in [3.05, 3.63) is 48.0 Å². The molecule has 1 amide bonds. The average molecular weight is 424 g/mol. The number of amides is 1. The Balaban J connectivity index is 1.84. The van der Waals surface area contributed by atoms with E-state index < -0.39 is 15.9 Å². The van der Waals surface area contributed by atoms with Crippen molar-refractivity contribution in [3.8, 4) is 0 Å². The Morgan fingerprint density at radius 3 is 2.52 bits per heavy atom. The Morgan fingerprint density at radius 2 is 1.89 bits per heavy atom. The molecule has 10 heteroatoms. The number of thiazole rings is 1. The van der Waals surface area contributed by atoms with Crippen molar-refractivity contribution < 1.29 is 18.4 Å². The van der Waals surface area contributed by atoms with Gasteiger partial charge in [0.15, 0.2) is 4.34 Å². The third-order valence-corrected chi connectivity index (χ3v) is 7.00. The van der Waals surface area contributed by atoms with Gasteiger partial charge in [0.25, 0.3) is 15.9 Å². The summed E-state index contributed by atoms with van der Waals surface area (Å²) in [5.41, 5.74) is 2.67. The molecule has 2 aromatic carbocycles. The lowest BCUT2D eigenvalue weighted by Crippen LogP contribution is -2.18. The number of fused-ring (bicyclic) bond motifs is 1. The second-order valence-electron chi connectivity index (χ2n) is 5.90. The van der Waals surface area contributed by atoms with Gasteiger partial charge in [0, 0.05) is 16.5 Å². The predicted molar refractivity (Wildman–Crippen MR) is 107 cm³/mol. The van der Waals surface area contributed by atoms with Gasteiger partial charge >= 0.3 is 0 Å². The average Bonchev–Trinajstić information content (AvgIpc) is 3.01. The molecule has 1 aromatic heterocycles. The fraction of sp³-hybridized carbons (Fsp3) is 0.176. The lowest BCUT2D eigenvalue weighted by Gasteiger charge is -2.08. The zero-order valence-electron chi connectivity index (χ0n) is 14.5. The molecule has 0 aliphatic rings. The van der Waals surface area contributed by atoms with Crippen LogP contribution in [0.2, 0.25) is 0 Å². The number of nitrogens with zero attached hydrogens (tertiary/aromatic N) is 1. The molecule has 0 fully saturated rings. The topological polar surface area (TPSA) is 108 Å². The minimum atomic E-state index is -3.80. The Kier molecular flexibility index (Phi) is 5.70. The molecule has 0 saturated heterocycles. The third kappa shape index (κ3) is 4.59. The highest BCUT2D eigenvalue weighted by Gasteiger charge is 2.17. The molecular formula is C17H17N3O4S3. The van der Waals surface area contributed by atoms with E-state index in [1.54, 1.807) is 30.0 Å². The molecule has 0 radical (unpaired) electrons. The van der Waals surface area contributed by atoms with Crippen LogP contribution in [0.15, 0.2) is 51.7 Å². The summed E-state index contributed by atoms with van der Waals surface area (Å²) >= 11 is 3.17. The largest absolute Gasteiger partial charge is 0.288 e. The van der Waals surface area contributed by atoms with Gasteiger partial charge in [-0.25, -0.2) is 18.9 Å². The molecule has 142 valence electrons. The summed E-state index contributed by atoms with van der Waals surface area (Å²) in [5, 5.41) is 9.01. The van der Waals surface area contributed by atoms with Crippen molar-refractivity contribution in [1.29, 1.82) is 0 Å². The van der Waals surface area contributed by atoms with E-state index in [0.717, 1.165) is 9.04 Å². The van der Waals surface area contributed by atoms with Crippen LogP contribution in [0.4, 0.5) is 5.69 Å². The molecule has 0 unspecified atom stereocenters. The van der Waals surface area contributed by atoms with Gasteiger partial charge in [-0.1, -0.05) is 25.6 Å². The number of carbonyl (C=O) groups excluding carboxylic acids is 1. The van der Waals surface area contributed by atoms with Crippen molar-refractivity contribution >= 4 is 54.9 Å². The van der Waals surface area contributed by atoms with Crippen LogP contribution < -0.4 is 10.2 Å². The molecule has 3 aromatic rings. The van der Waals surface area contributed by atoms with Crippen molar-refractivity contribution in [2.75, 3.05) is 4.72 Å². The van der Waals surface area contributed by atoms with Crippen LogP contribution in [0, 0.1) is 0 Å². The highest BCUT2D eigenvalue weighted by molar-refractivity contribution is 8.01. The number of anilines is 1. The van der Waals surface area contributed by atoms with E-state index in [0.29, 0.717) is 16.5 Å². The van der Waals surface area contributed by atoms with E-state index in [1.807, 2.05) is 0 Å². The van der Waals surface area contributed by atoms with E-state index in [4.69, 9.17) is 5.21 Å². The first-order chi connectivity index (χ1) is 12.8. The van der Waals surface area contributed by atoms with Gasteiger partial charge in [-0.15, -0.1) is 11.3 Å². The fourth-order valence-electron chi connectivity index (χ4n) is 2.27. The zero-order valence-corrected chi connectivity index (χ0v) is 16.9. The molecule has 0 atom stereocenters. The molecule has 1 heterocycles. The number of hydrogen-bond donors (Lipinski definition) is 3. The molecule has 7 nitrogen and oxygen atoms in total. The first kappa shape index (κ1) is 19.6. The molecule has 0 bridgehead atoms. The normalized spacial score (nSPS) is 11.7. The number of nitrogens with one attached hydrogen (secondary N) is 2. The molecule has 3 N–H and O–H groups in total. The number of benzene rings is 2. The highest BCUT2D eigenvalue weighted by atomic mass is 32.2. The maximum Gasteiger partial charge on any atom is 0.274 e. The number of hydroxylamine groups is 1. The van der Waals surface area contributed by atoms with E-state index in [9.17, 15) is 13.2 Å². The molecule has 3 rings (SSSR count). The van der Waals surface area contributed by atoms with Gasteiger partial charge in [0.05, 0.1) is 15.1 Å². The lowest BCUT2D eigenvalue weighted by molar-refractivity contribution is 0.0706. The van der Waals surface area contributed by atoms with Crippen LogP contribution in [-0.2, 0) is 10.0 Å². The smallest absolute Gasteiger partial charge is 0.274 e. The number of sulfonamides is 1. The van der Waals surface area contributed by atoms with Crippen LogP contribution in [0.25, 0.3) is 10.2 Å². The maximum absolute atomic E-state index is 12.6. The Bertz CT molecular complexity index is 1080. The van der Waals surface area contributed by atoms with Gasteiger partial charge in [0.1, 0.15) is 0 Å². The Labute approximate surface area is 164 Å².